The van der Waals surface area contributed by atoms with Gasteiger partial charge in [-0.15, -0.1) is 11.8 Å². The van der Waals surface area contributed by atoms with Gasteiger partial charge in [-0.05, 0) is 43.3 Å². The zero-order valence-electron chi connectivity index (χ0n) is 9.34. The first-order chi connectivity index (χ1) is 8.15. The van der Waals surface area contributed by atoms with Crippen molar-refractivity contribution in [1.29, 1.82) is 0 Å². The fourth-order valence-electron chi connectivity index (χ4n) is 1.41. The van der Waals surface area contributed by atoms with Gasteiger partial charge in [0.15, 0.2) is 0 Å². The molecule has 0 aliphatic rings. The Morgan fingerprint density at radius 3 is 2.47 bits per heavy atom. The molecule has 1 heterocycles. The third-order valence-electron chi connectivity index (χ3n) is 2.28. The Morgan fingerprint density at radius 1 is 1.24 bits per heavy atom. The summed E-state index contributed by atoms with van der Waals surface area (Å²) in [5.74, 6) is 1.68. The zero-order valence-corrected chi connectivity index (χ0v) is 10.2. The molecule has 0 fully saturated rings. The van der Waals surface area contributed by atoms with Crippen molar-refractivity contribution in [2.75, 3.05) is 0 Å². The van der Waals surface area contributed by atoms with Crippen LogP contribution in [0.3, 0.4) is 0 Å². The largest absolute Gasteiger partial charge is 0.478 e. The maximum atomic E-state index is 10.7. The van der Waals surface area contributed by atoms with Crippen molar-refractivity contribution in [1.82, 2.24) is 0 Å². The van der Waals surface area contributed by atoms with Gasteiger partial charge in [0.1, 0.15) is 11.5 Å². The number of furan rings is 1. The summed E-state index contributed by atoms with van der Waals surface area (Å²) in [5, 5.41) is 8.76. The molecule has 0 saturated carbocycles. The van der Waals surface area contributed by atoms with Crippen molar-refractivity contribution >= 4 is 17.7 Å². The van der Waals surface area contributed by atoms with Crippen molar-refractivity contribution < 1.29 is 14.3 Å². The maximum absolute atomic E-state index is 10.7. The molecule has 17 heavy (non-hydrogen) atoms. The SMILES string of the molecule is Cc1ccc(CSc2ccc(C(=O)O)cc2)o1. The average Bonchev–Trinajstić information content (AvgIpc) is 2.73. The molecule has 88 valence electrons. The van der Waals surface area contributed by atoms with Crippen LogP contribution in [0, 0.1) is 6.92 Å². The van der Waals surface area contributed by atoms with Crippen molar-refractivity contribution in [3.8, 4) is 0 Å². The Balaban J connectivity index is 1.97. The number of hydrogen-bond donors (Lipinski definition) is 1. The second-order valence-corrected chi connectivity index (χ2v) is 4.68. The highest BCUT2D eigenvalue weighted by molar-refractivity contribution is 7.98. The second kappa shape index (κ2) is 5.10. The van der Waals surface area contributed by atoms with Gasteiger partial charge in [0.25, 0.3) is 0 Å². The lowest BCUT2D eigenvalue weighted by atomic mass is 10.2. The predicted octanol–water partition coefficient (Wildman–Crippen LogP) is 3.58. The maximum Gasteiger partial charge on any atom is 0.335 e. The van der Waals surface area contributed by atoms with Crippen LogP contribution in [0.2, 0.25) is 0 Å². The number of thioether (sulfide) groups is 1. The lowest BCUT2D eigenvalue weighted by Crippen LogP contribution is -1.94. The number of rotatable bonds is 4. The van der Waals surface area contributed by atoms with Crippen LogP contribution >= 0.6 is 11.8 Å². The van der Waals surface area contributed by atoms with Crippen LogP contribution in [-0.4, -0.2) is 11.1 Å². The fraction of sp³-hybridized carbons (Fsp3) is 0.154. The van der Waals surface area contributed by atoms with E-state index in [1.165, 1.54) is 0 Å². The van der Waals surface area contributed by atoms with Crippen LogP contribution < -0.4 is 0 Å². The van der Waals surface area contributed by atoms with Gasteiger partial charge in [-0.1, -0.05) is 0 Å². The highest BCUT2D eigenvalue weighted by Crippen LogP contribution is 2.23. The molecule has 0 radical (unpaired) electrons. The minimum atomic E-state index is -0.900. The van der Waals surface area contributed by atoms with Gasteiger partial charge in [0.2, 0.25) is 0 Å². The summed E-state index contributed by atoms with van der Waals surface area (Å²) < 4.78 is 5.45. The summed E-state index contributed by atoms with van der Waals surface area (Å²) in [5.41, 5.74) is 0.309. The smallest absolute Gasteiger partial charge is 0.335 e. The average molecular weight is 248 g/mol. The van der Waals surface area contributed by atoms with Gasteiger partial charge in [0, 0.05) is 4.90 Å². The van der Waals surface area contributed by atoms with Gasteiger partial charge in [-0.3, -0.25) is 0 Å². The molecule has 0 aliphatic carbocycles. The number of aryl methyl sites for hydroxylation is 1. The van der Waals surface area contributed by atoms with E-state index < -0.39 is 5.97 Å². The van der Waals surface area contributed by atoms with Gasteiger partial charge >= 0.3 is 5.97 Å². The summed E-state index contributed by atoms with van der Waals surface area (Å²) in [6, 6.07) is 10.7. The lowest BCUT2D eigenvalue weighted by Gasteiger charge is -2.00. The van der Waals surface area contributed by atoms with E-state index in [-0.39, 0.29) is 0 Å². The molecule has 2 aromatic rings. The molecule has 0 unspecified atom stereocenters. The van der Waals surface area contributed by atoms with Crippen LogP contribution in [0.4, 0.5) is 0 Å². The third-order valence-corrected chi connectivity index (χ3v) is 3.31. The topological polar surface area (TPSA) is 50.4 Å². The van der Waals surface area contributed by atoms with E-state index in [4.69, 9.17) is 9.52 Å². The van der Waals surface area contributed by atoms with Crippen LogP contribution in [0.25, 0.3) is 0 Å². The van der Waals surface area contributed by atoms with Crippen molar-refractivity contribution in [3.05, 3.63) is 53.5 Å². The summed E-state index contributed by atoms with van der Waals surface area (Å²) in [4.78, 5) is 11.7. The van der Waals surface area contributed by atoms with Crippen molar-refractivity contribution in [2.45, 2.75) is 17.6 Å². The van der Waals surface area contributed by atoms with E-state index in [0.29, 0.717) is 5.56 Å². The quantitative estimate of drug-likeness (QED) is 0.840. The molecular weight excluding hydrogens is 236 g/mol. The van der Waals surface area contributed by atoms with Crippen molar-refractivity contribution in [2.24, 2.45) is 0 Å². The molecule has 0 aliphatic heterocycles. The molecular formula is C13H12O3S. The third kappa shape index (κ3) is 3.14. The van der Waals surface area contributed by atoms with E-state index in [0.717, 1.165) is 22.2 Å². The number of carboxylic acids is 1. The zero-order chi connectivity index (χ0) is 12.3. The number of hydrogen-bond acceptors (Lipinski definition) is 3. The summed E-state index contributed by atoms with van der Waals surface area (Å²) in [6.45, 7) is 1.91. The van der Waals surface area contributed by atoms with E-state index in [1.54, 1.807) is 23.9 Å². The van der Waals surface area contributed by atoms with E-state index >= 15 is 0 Å². The highest BCUT2D eigenvalue weighted by Gasteiger charge is 2.03. The Labute approximate surface area is 103 Å². The molecule has 0 spiro atoms. The van der Waals surface area contributed by atoms with Gasteiger partial charge in [-0.25, -0.2) is 4.79 Å². The molecule has 3 nitrogen and oxygen atoms in total. The molecule has 0 atom stereocenters. The lowest BCUT2D eigenvalue weighted by molar-refractivity contribution is 0.0697. The first-order valence-corrected chi connectivity index (χ1v) is 6.15. The van der Waals surface area contributed by atoms with Crippen LogP contribution in [0.15, 0.2) is 45.7 Å². The summed E-state index contributed by atoms with van der Waals surface area (Å²) in [6.07, 6.45) is 0. The molecule has 0 bridgehead atoms. The number of benzene rings is 1. The first-order valence-electron chi connectivity index (χ1n) is 5.16. The van der Waals surface area contributed by atoms with Crippen molar-refractivity contribution in [3.63, 3.8) is 0 Å². The van der Waals surface area contributed by atoms with Crippen LogP contribution in [0.1, 0.15) is 21.9 Å². The second-order valence-electron chi connectivity index (χ2n) is 3.63. The number of carboxylic acid groups (broad SMARTS) is 1. The standard InChI is InChI=1S/C13H12O3S/c1-9-2-5-11(16-9)8-17-12-6-3-10(4-7-12)13(14)15/h2-7H,8H2,1H3,(H,14,15). The Bertz CT molecular complexity index is 514. The molecule has 1 N–H and O–H groups in total. The van der Waals surface area contributed by atoms with E-state index in [2.05, 4.69) is 0 Å². The monoisotopic (exact) mass is 248 g/mol. The molecule has 0 amide bonds. The highest BCUT2D eigenvalue weighted by atomic mass is 32.2. The fourth-order valence-corrected chi connectivity index (χ4v) is 2.20. The Kier molecular flexibility index (Phi) is 3.54. The van der Waals surface area contributed by atoms with E-state index in [9.17, 15) is 4.79 Å². The predicted molar refractivity (Wildman–Crippen MR) is 66.4 cm³/mol. The molecule has 0 saturated heterocycles. The summed E-state index contributed by atoms with van der Waals surface area (Å²) >= 11 is 1.62. The normalized spacial score (nSPS) is 10.4. The minimum absolute atomic E-state index is 0.309. The van der Waals surface area contributed by atoms with E-state index in [1.807, 2.05) is 31.2 Å². The molecule has 4 heteroatoms. The van der Waals surface area contributed by atoms with Gasteiger partial charge in [-0.2, -0.15) is 0 Å². The van der Waals surface area contributed by atoms with Gasteiger partial charge in [0.05, 0.1) is 11.3 Å². The minimum Gasteiger partial charge on any atom is -0.478 e. The first kappa shape index (κ1) is 11.8. The van der Waals surface area contributed by atoms with Crippen LogP contribution in [-0.2, 0) is 5.75 Å². The Morgan fingerprint density at radius 2 is 1.94 bits per heavy atom. The molecule has 1 aromatic carbocycles. The van der Waals surface area contributed by atoms with Gasteiger partial charge < -0.3 is 9.52 Å². The summed E-state index contributed by atoms with van der Waals surface area (Å²) in [7, 11) is 0. The number of carbonyl (C=O) groups is 1. The Hall–Kier alpha value is -1.68. The molecule has 2 rings (SSSR count). The molecule has 1 aromatic heterocycles. The van der Waals surface area contributed by atoms with Crippen LogP contribution in [0.5, 0.6) is 0 Å². The number of aromatic carboxylic acids is 1.